The Morgan fingerprint density at radius 2 is 1.69 bits per heavy atom. The van der Waals surface area contributed by atoms with Gasteiger partial charge in [0.1, 0.15) is 11.8 Å². The highest BCUT2D eigenvalue weighted by Gasteiger charge is 2.30. The van der Waals surface area contributed by atoms with Gasteiger partial charge in [-0.2, -0.15) is 0 Å². The van der Waals surface area contributed by atoms with Crippen LogP contribution in [0.15, 0.2) is 77.3 Å². The minimum absolute atomic E-state index is 0.157. The summed E-state index contributed by atoms with van der Waals surface area (Å²) in [5.41, 5.74) is 4.25. The van der Waals surface area contributed by atoms with Crippen LogP contribution in [0.1, 0.15) is 42.5 Å². The number of aryl methyl sites for hydroxylation is 2. The Bertz CT molecular complexity index is 1150. The van der Waals surface area contributed by atoms with E-state index in [0.717, 1.165) is 34.0 Å². The molecule has 0 saturated heterocycles. The van der Waals surface area contributed by atoms with Gasteiger partial charge in [-0.15, -0.1) is 0 Å². The zero-order valence-electron chi connectivity index (χ0n) is 21.3. The van der Waals surface area contributed by atoms with E-state index in [0.29, 0.717) is 25.3 Å². The van der Waals surface area contributed by atoms with Crippen molar-refractivity contribution in [2.45, 2.75) is 52.6 Å². The lowest BCUT2D eigenvalue weighted by Gasteiger charge is -2.31. The third kappa shape index (κ3) is 7.95. The van der Waals surface area contributed by atoms with E-state index in [-0.39, 0.29) is 18.4 Å². The molecule has 6 heteroatoms. The topological polar surface area (TPSA) is 58.6 Å². The van der Waals surface area contributed by atoms with Crippen LogP contribution >= 0.6 is 15.9 Å². The molecule has 0 radical (unpaired) electrons. The number of benzene rings is 3. The highest BCUT2D eigenvalue weighted by molar-refractivity contribution is 9.10. The Labute approximate surface area is 223 Å². The van der Waals surface area contributed by atoms with Gasteiger partial charge in [0.25, 0.3) is 5.91 Å². The van der Waals surface area contributed by atoms with Crippen LogP contribution in [-0.2, 0) is 29.0 Å². The molecule has 0 aliphatic rings. The lowest BCUT2D eigenvalue weighted by Crippen LogP contribution is -2.51. The van der Waals surface area contributed by atoms with E-state index in [1.54, 1.807) is 4.90 Å². The molecule has 3 aromatic rings. The first-order valence-electron chi connectivity index (χ1n) is 12.5. The maximum Gasteiger partial charge on any atom is 0.261 e. The van der Waals surface area contributed by atoms with Gasteiger partial charge in [0, 0.05) is 19.5 Å². The molecule has 0 saturated carbocycles. The number of rotatable bonds is 12. The molecule has 36 heavy (non-hydrogen) atoms. The predicted octanol–water partition coefficient (Wildman–Crippen LogP) is 5.87. The third-order valence-electron chi connectivity index (χ3n) is 6.01. The second-order valence-electron chi connectivity index (χ2n) is 8.91. The number of ether oxygens (including phenoxy) is 1. The van der Waals surface area contributed by atoms with E-state index in [1.807, 2.05) is 86.6 Å². The Morgan fingerprint density at radius 3 is 2.36 bits per heavy atom. The van der Waals surface area contributed by atoms with Crippen LogP contribution in [0, 0.1) is 6.92 Å². The molecule has 190 valence electrons. The van der Waals surface area contributed by atoms with Crippen molar-refractivity contribution in [3.63, 3.8) is 0 Å². The molecule has 1 N–H and O–H groups in total. The average molecular weight is 552 g/mol. The van der Waals surface area contributed by atoms with Crippen LogP contribution in [0.3, 0.4) is 0 Å². The summed E-state index contributed by atoms with van der Waals surface area (Å²) in [6.07, 6.45) is 2.15. The molecule has 5 nitrogen and oxygen atoms in total. The fourth-order valence-corrected chi connectivity index (χ4v) is 4.57. The van der Waals surface area contributed by atoms with Crippen molar-refractivity contribution >= 4 is 27.7 Å². The number of halogens is 1. The standard InChI is InChI=1S/C30H35BrN2O3/c1-4-16-32-30(35)27(19-24-11-7-6-8-12-24)33(20-25-13-9-10-22(3)17-25)29(34)21-36-28-15-14-23(5-2)18-26(28)31/h6-15,17-18,27H,4-5,16,19-21H2,1-3H3,(H,32,35)/t27-/m1/s1. The quantitative estimate of drug-likeness (QED) is 0.307. The monoisotopic (exact) mass is 550 g/mol. The summed E-state index contributed by atoms with van der Waals surface area (Å²) in [7, 11) is 0. The molecule has 1 atom stereocenters. The van der Waals surface area contributed by atoms with Gasteiger partial charge in [-0.1, -0.05) is 80.1 Å². The number of carbonyl (C=O) groups is 2. The van der Waals surface area contributed by atoms with Crippen molar-refractivity contribution in [1.82, 2.24) is 10.2 Å². The van der Waals surface area contributed by atoms with Crippen LogP contribution in [-0.4, -0.2) is 35.9 Å². The number of hydrogen-bond acceptors (Lipinski definition) is 3. The zero-order chi connectivity index (χ0) is 25.9. The van der Waals surface area contributed by atoms with Gasteiger partial charge in [0.05, 0.1) is 4.47 Å². The summed E-state index contributed by atoms with van der Waals surface area (Å²) in [5.74, 6) is 0.205. The molecule has 0 aromatic heterocycles. The molecule has 0 heterocycles. The van der Waals surface area contributed by atoms with Crippen molar-refractivity contribution in [2.75, 3.05) is 13.2 Å². The van der Waals surface area contributed by atoms with Gasteiger partial charge in [-0.05, 0) is 64.5 Å². The van der Waals surface area contributed by atoms with Crippen LogP contribution in [0.4, 0.5) is 0 Å². The number of nitrogens with zero attached hydrogens (tertiary/aromatic N) is 1. The minimum atomic E-state index is -0.665. The Kier molecular flexibility index (Phi) is 10.6. The predicted molar refractivity (Wildman–Crippen MR) is 148 cm³/mol. The maximum atomic E-state index is 13.7. The smallest absolute Gasteiger partial charge is 0.261 e. The highest BCUT2D eigenvalue weighted by Crippen LogP contribution is 2.26. The Hall–Kier alpha value is -3.12. The summed E-state index contributed by atoms with van der Waals surface area (Å²) >= 11 is 3.55. The fraction of sp³-hybridized carbons (Fsp3) is 0.333. The molecule has 0 fully saturated rings. The van der Waals surface area contributed by atoms with Gasteiger partial charge in [-0.25, -0.2) is 0 Å². The number of hydrogen-bond donors (Lipinski definition) is 1. The largest absolute Gasteiger partial charge is 0.483 e. The number of nitrogens with one attached hydrogen (secondary N) is 1. The minimum Gasteiger partial charge on any atom is -0.483 e. The second kappa shape index (κ2) is 13.8. The van der Waals surface area contributed by atoms with Crippen LogP contribution in [0.2, 0.25) is 0 Å². The van der Waals surface area contributed by atoms with Crippen molar-refractivity contribution in [1.29, 1.82) is 0 Å². The van der Waals surface area contributed by atoms with E-state index in [1.165, 1.54) is 5.56 Å². The molecule has 0 aliphatic heterocycles. The van der Waals surface area contributed by atoms with Gasteiger partial charge in [-0.3, -0.25) is 9.59 Å². The molecule has 3 aromatic carbocycles. The first kappa shape index (κ1) is 27.5. The van der Waals surface area contributed by atoms with E-state index in [4.69, 9.17) is 4.74 Å². The lowest BCUT2D eigenvalue weighted by atomic mass is 10.0. The van der Waals surface area contributed by atoms with E-state index in [9.17, 15) is 9.59 Å². The summed E-state index contributed by atoms with van der Waals surface area (Å²) in [6.45, 7) is 6.83. The van der Waals surface area contributed by atoms with Gasteiger partial charge in [0.2, 0.25) is 5.91 Å². The van der Waals surface area contributed by atoms with E-state index >= 15 is 0 Å². The third-order valence-corrected chi connectivity index (χ3v) is 6.63. The second-order valence-corrected chi connectivity index (χ2v) is 9.77. The molecule has 0 bridgehead atoms. The summed E-state index contributed by atoms with van der Waals surface area (Å²) in [4.78, 5) is 28.7. The Morgan fingerprint density at radius 1 is 0.944 bits per heavy atom. The van der Waals surface area contributed by atoms with E-state index in [2.05, 4.69) is 28.2 Å². The van der Waals surface area contributed by atoms with Crippen molar-refractivity contribution in [2.24, 2.45) is 0 Å². The molecular weight excluding hydrogens is 516 g/mol. The fourth-order valence-electron chi connectivity index (χ4n) is 4.03. The van der Waals surface area contributed by atoms with Gasteiger partial charge in [0.15, 0.2) is 6.61 Å². The average Bonchev–Trinajstić information content (AvgIpc) is 2.89. The van der Waals surface area contributed by atoms with Crippen LogP contribution in [0.5, 0.6) is 5.75 Å². The van der Waals surface area contributed by atoms with Gasteiger partial charge >= 0.3 is 0 Å². The van der Waals surface area contributed by atoms with Crippen LogP contribution in [0.25, 0.3) is 0 Å². The maximum absolute atomic E-state index is 13.7. The number of carbonyl (C=O) groups excluding carboxylic acids is 2. The highest BCUT2D eigenvalue weighted by atomic mass is 79.9. The summed E-state index contributed by atoms with van der Waals surface area (Å²) in [5, 5.41) is 3.00. The molecule has 2 amide bonds. The SMILES string of the molecule is CCCNC(=O)[C@@H](Cc1ccccc1)N(Cc1cccc(C)c1)C(=O)COc1ccc(CC)cc1Br. The molecule has 0 spiro atoms. The van der Waals surface area contributed by atoms with Crippen molar-refractivity contribution < 1.29 is 14.3 Å². The van der Waals surface area contributed by atoms with Gasteiger partial charge < -0.3 is 15.0 Å². The normalized spacial score (nSPS) is 11.6. The number of amides is 2. The van der Waals surface area contributed by atoms with Crippen molar-refractivity contribution in [3.05, 3.63) is 99.5 Å². The van der Waals surface area contributed by atoms with Crippen LogP contribution < -0.4 is 10.1 Å². The first-order valence-corrected chi connectivity index (χ1v) is 13.3. The Balaban J connectivity index is 1.89. The molecule has 0 unspecified atom stereocenters. The molecule has 0 aliphatic carbocycles. The summed E-state index contributed by atoms with van der Waals surface area (Å²) < 4.78 is 6.74. The molecule has 3 rings (SSSR count). The summed E-state index contributed by atoms with van der Waals surface area (Å²) in [6, 6.07) is 23.0. The van der Waals surface area contributed by atoms with Crippen molar-refractivity contribution in [3.8, 4) is 5.75 Å². The van der Waals surface area contributed by atoms with E-state index < -0.39 is 6.04 Å². The lowest BCUT2D eigenvalue weighted by molar-refractivity contribution is -0.142. The molecular formula is C30H35BrN2O3. The zero-order valence-corrected chi connectivity index (χ0v) is 22.9. The first-order chi connectivity index (χ1) is 17.4.